The van der Waals surface area contributed by atoms with Gasteiger partial charge in [-0.2, -0.15) is 0 Å². The summed E-state index contributed by atoms with van der Waals surface area (Å²) in [5.74, 6) is 0.0822. The first kappa shape index (κ1) is 25.3. The molecule has 0 aromatic heterocycles. The van der Waals surface area contributed by atoms with Crippen molar-refractivity contribution in [1.29, 1.82) is 0 Å². The average molecular weight is 465 g/mol. The van der Waals surface area contributed by atoms with E-state index in [1.165, 1.54) is 6.07 Å². The van der Waals surface area contributed by atoms with Crippen molar-refractivity contribution in [1.82, 2.24) is 0 Å². The lowest BCUT2D eigenvalue weighted by molar-refractivity contribution is -0.137. The molecule has 5 heteroatoms. The molecule has 0 spiro atoms. The van der Waals surface area contributed by atoms with E-state index in [0.717, 1.165) is 27.8 Å². The molecule has 0 bridgehead atoms. The van der Waals surface area contributed by atoms with Gasteiger partial charge in [0.15, 0.2) is 0 Å². The molecule has 180 valence electrons. The molecule has 3 aromatic rings. The number of rotatable bonds is 8. The van der Waals surface area contributed by atoms with E-state index >= 15 is 0 Å². The number of aryl methyl sites for hydroxylation is 1. The Morgan fingerprint density at radius 1 is 1.03 bits per heavy atom. The second-order valence-corrected chi connectivity index (χ2v) is 9.78. The molecular weight excluding hydrogens is 431 g/mol. The van der Waals surface area contributed by atoms with Crippen LogP contribution in [-0.2, 0) is 16.8 Å². The zero-order valence-corrected chi connectivity index (χ0v) is 20.7. The first-order chi connectivity index (χ1) is 16.0. The van der Waals surface area contributed by atoms with Gasteiger partial charge in [0.25, 0.3) is 0 Å². The molecule has 0 saturated carbocycles. The largest absolute Gasteiger partial charge is 0.497 e. The highest BCUT2D eigenvalue weighted by Gasteiger charge is 2.23. The van der Waals surface area contributed by atoms with Crippen molar-refractivity contribution in [2.75, 3.05) is 7.11 Å². The summed E-state index contributed by atoms with van der Waals surface area (Å²) in [4.78, 5) is 11.1. The fraction of sp³-hybridized carbons (Fsp3) is 0.345. The number of hydrogen-bond donors (Lipinski definition) is 1. The van der Waals surface area contributed by atoms with Crippen molar-refractivity contribution in [2.45, 2.75) is 59.0 Å². The number of benzene rings is 3. The molecule has 3 aromatic carbocycles. The van der Waals surface area contributed by atoms with Crippen molar-refractivity contribution in [3.05, 3.63) is 82.7 Å². The van der Waals surface area contributed by atoms with Crippen molar-refractivity contribution in [3.63, 3.8) is 0 Å². The van der Waals surface area contributed by atoms with Crippen molar-refractivity contribution >= 4 is 5.97 Å². The second-order valence-electron chi connectivity index (χ2n) is 9.78. The quantitative estimate of drug-likeness (QED) is 0.381. The summed E-state index contributed by atoms with van der Waals surface area (Å²) in [5.41, 5.74) is 5.10. The molecule has 0 aliphatic heterocycles. The van der Waals surface area contributed by atoms with Gasteiger partial charge in [-0.3, -0.25) is 4.79 Å². The summed E-state index contributed by atoms with van der Waals surface area (Å²) in [5, 5.41) is 9.08. The Balaban J connectivity index is 1.94. The molecule has 1 atom stereocenters. The first-order valence-electron chi connectivity index (χ1n) is 11.4. The molecule has 0 radical (unpaired) electrons. The molecule has 3 rings (SSSR count). The molecule has 1 N–H and O–H groups in total. The number of ether oxygens (including phenoxy) is 2. The van der Waals surface area contributed by atoms with E-state index < -0.39 is 5.97 Å². The third-order valence-corrected chi connectivity index (χ3v) is 6.05. The number of aliphatic carboxylic acids is 1. The van der Waals surface area contributed by atoms with Crippen LogP contribution < -0.4 is 9.47 Å². The molecule has 0 aliphatic rings. The van der Waals surface area contributed by atoms with Gasteiger partial charge in [0.2, 0.25) is 0 Å². The molecule has 34 heavy (non-hydrogen) atoms. The van der Waals surface area contributed by atoms with Crippen LogP contribution in [0.15, 0.2) is 54.6 Å². The Kier molecular flexibility index (Phi) is 7.65. The van der Waals surface area contributed by atoms with Crippen LogP contribution in [0.5, 0.6) is 11.5 Å². The minimum atomic E-state index is -0.822. The number of methoxy groups -OCH3 is 1. The van der Waals surface area contributed by atoms with E-state index in [2.05, 4.69) is 26.8 Å². The summed E-state index contributed by atoms with van der Waals surface area (Å²) in [6.07, 6.45) is 0.0692. The van der Waals surface area contributed by atoms with E-state index in [0.29, 0.717) is 23.7 Å². The third kappa shape index (κ3) is 5.96. The highest BCUT2D eigenvalue weighted by molar-refractivity contribution is 5.72. The van der Waals surface area contributed by atoms with Gasteiger partial charge in [-0.1, -0.05) is 52.0 Å². The zero-order valence-electron chi connectivity index (χ0n) is 20.7. The average Bonchev–Trinajstić information content (AvgIpc) is 2.77. The Bertz CT molecular complexity index is 1180. The number of carboxylic acids is 1. The monoisotopic (exact) mass is 464 g/mol. The summed E-state index contributed by atoms with van der Waals surface area (Å²) in [6.45, 7) is 10.6. The van der Waals surface area contributed by atoms with Crippen molar-refractivity contribution in [2.24, 2.45) is 0 Å². The van der Waals surface area contributed by atoms with Gasteiger partial charge in [0.1, 0.15) is 23.9 Å². The van der Waals surface area contributed by atoms with Crippen LogP contribution in [0.4, 0.5) is 4.39 Å². The van der Waals surface area contributed by atoms with Crippen LogP contribution in [0.3, 0.4) is 0 Å². The Labute approximate surface area is 201 Å². The number of carbonyl (C=O) groups is 1. The predicted octanol–water partition coefficient (Wildman–Crippen LogP) is 7.26. The van der Waals surface area contributed by atoms with Gasteiger partial charge in [0.05, 0.1) is 13.5 Å². The maximum Gasteiger partial charge on any atom is 0.303 e. The topological polar surface area (TPSA) is 55.8 Å². The molecule has 0 amide bonds. The van der Waals surface area contributed by atoms with Gasteiger partial charge in [-0.05, 0) is 76.4 Å². The van der Waals surface area contributed by atoms with E-state index in [1.807, 2.05) is 44.2 Å². The predicted molar refractivity (Wildman–Crippen MR) is 133 cm³/mol. The maximum absolute atomic E-state index is 14.8. The van der Waals surface area contributed by atoms with Crippen molar-refractivity contribution in [3.8, 4) is 22.6 Å². The molecule has 0 fully saturated rings. The van der Waals surface area contributed by atoms with E-state index in [-0.39, 0.29) is 23.6 Å². The minimum Gasteiger partial charge on any atom is -0.497 e. The fourth-order valence-corrected chi connectivity index (χ4v) is 4.04. The zero-order chi connectivity index (χ0) is 25.0. The van der Waals surface area contributed by atoms with E-state index in [9.17, 15) is 9.18 Å². The summed E-state index contributed by atoms with van der Waals surface area (Å²) in [7, 11) is 1.57. The normalized spacial score (nSPS) is 12.3. The minimum absolute atomic E-state index is 0.0692. The van der Waals surface area contributed by atoms with E-state index in [4.69, 9.17) is 14.6 Å². The standard InChI is InChI=1S/C29H33FO4/c1-18-12-24(25-16-22(33-6)10-11-27(25)30)26(29(3,4)5)15-21(18)17-34-23-9-7-8-20(14-23)19(2)13-28(31)32/h7-12,14-16,19H,13,17H2,1-6H3,(H,31,32)/t19-/m1/s1. The van der Waals surface area contributed by atoms with Crippen LogP contribution >= 0.6 is 0 Å². The van der Waals surface area contributed by atoms with Crippen LogP contribution in [0.25, 0.3) is 11.1 Å². The van der Waals surface area contributed by atoms with Gasteiger partial charge >= 0.3 is 5.97 Å². The Morgan fingerprint density at radius 3 is 2.41 bits per heavy atom. The SMILES string of the molecule is COc1ccc(F)c(-c2cc(C)c(COc3cccc([C@H](C)CC(=O)O)c3)cc2C(C)(C)C)c1. The number of hydrogen-bond acceptors (Lipinski definition) is 3. The summed E-state index contributed by atoms with van der Waals surface area (Å²) in [6, 6.07) is 16.5. The third-order valence-electron chi connectivity index (χ3n) is 6.05. The summed E-state index contributed by atoms with van der Waals surface area (Å²) < 4.78 is 26.3. The van der Waals surface area contributed by atoms with Gasteiger partial charge in [-0.15, -0.1) is 0 Å². The lowest BCUT2D eigenvalue weighted by Crippen LogP contribution is -2.15. The fourth-order valence-electron chi connectivity index (χ4n) is 4.04. The van der Waals surface area contributed by atoms with Crippen LogP contribution in [0.2, 0.25) is 0 Å². The second kappa shape index (κ2) is 10.3. The Hall–Kier alpha value is -3.34. The summed E-state index contributed by atoms with van der Waals surface area (Å²) >= 11 is 0. The number of carboxylic acid groups (broad SMARTS) is 1. The van der Waals surface area contributed by atoms with Crippen LogP contribution in [0, 0.1) is 12.7 Å². The van der Waals surface area contributed by atoms with Crippen LogP contribution in [-0.4, -0.2) is 18.2 Å². The van der Waals surface area contributed by atoms with E-state index in [1.54, 1.807) is 19.2 Å². The van der Waals surface area contributed by atoms with Gasteiger partial charge in [-0.25, -0.2) is 4.39 Å². The molecule has 0 saturated heterocycles. The highest BCUT2D eigenvalue weighted by Crippen LogP contribution is 2.38. The van der Waals surface area contributed by atoms with Crippen molar-refractivity contribution < 1.29 is 23.8 Å². The molecule has 0 aliphatic carbocycles. The maximum atomic E-state index is 14.8. The van der Waals surface area contributed by atoms with Gasteiger partial charge < -0.3 is 14.6 Å². The smallest absolute Gasteiger partial charge is 0.303 e. The Morgan fingerprint density at radius 2 is 1.76 bits per heavy atom. The molecule has 4 nitrogen and oxygen atoms in total. The number of halogens is 1. The molecule has 0 heterocycles. The lowest BCUT2D eigenvalue weighted by atomic mass is 9.80. The molecular formula is C29H33FO4. The van der Waals surface area contributed by atoms with Gasteiger partial charge in [0, 0.05) is 5.56 Å². The first-order valence-corrected chi connectivity index (χ1v) is 11.4. The highest BCUT2D eigenvalue weighted by atomic mass is 19.1. The lowest BCUT2D eigenvalue weighted by Gasteiger charge is -2.26. The molecule has 0 unspecified atom stereocenters. The van der Waals surface area contributed by atoms with Crippen LogP contribution in [0.1, 0.15) is 62.3 Å².